The molecule has 0 spiro atoms. The molecule has 1 unspecified atom stereocenters. The van der Waals surface area contributed by atoms with Gasteiger partial charge < -0.3 is 10.6 Å². The Labute approximate surface area is 138 Å². The van der Waals surface area contributed by atoms with Crippen LogP contribution in [0.1, 0.15) is 39.2 Å². The van der Waals surface area contributed by atoms with Gasteiger partial charge in [0.15, 0.2) is 0 Å². The third-order valence-corrected chi connectivity index (χ3v) is 4.92. The van der Waals surface area contributed by atoms with E-state index in [4.69, 9.17) is 17.3 Å². The van der Waals surface area contributed by atoms with Crippen molar-refractivity contribution in [3.8, 4) is 0 Å². The summed E-state index contributed by atoms with van der Waals surface area (Å²) in [4.78, 5) is 14.9. The lowest BCUT2D eigenvalue weighted by atomic mass is 9.83. The number of hydrogen-bond donors (Lipinski definition) is 1. The van der Waals surface area contributed by atoms with Gasteiger partial charge in [-0.05, 0) is 49.8 Å². The number of rotatable bonds is 4. The maximum Gasteiger partial charge on any atom is 0.228 e. The Bertz CT molecular complexity index is 520. The molecule has 1 aliphatic rings. The standard InChI is InChI=1S/C18H27ClN2O/c1-13(20)15-7-9-21(10-8-15)17(22)18(2,3)12-14-5-4-6-16(19)11-14/h4-6,11,13,15H,7-10,12,20H2,1-3H3. The maximum absolute atomic E-state index is 12.8. The number of carbonyl (C=O) groups is 1. The van der Waals surface area contributed by atoms with Crippen LogP contribution in [0, 0.1) is 11.3 Å². The van der Waals surface area contributed by atoms with Crippen molar-refractivity contribution in [2.45, 2.75) is 46.1 Å². The van der Waals surface area contributed by atoms with Crippen LogP contribution in [0.15, 0.2) is 24.3 Å². The second kappa shape index (κ2) is 7.01. The fourth-order valence-electron chi connectivity index (χ4n) is 3.29. The van der Waals surface area contributed by atoms with Gasteiger partial charge in [-0.25, -0.2) is 0 Å². The van der Waals surface area contributed by atoms with E-state index in [1.54, 1.807) is 0 Å². The van der Waals surface area contributed by atoms with E-state index in [9.17, 15) is 4.79 Å². The molecule has 1 aromatic rings. The summed E-state index contributed by atoms with van der Waals surface area (Å²) in [6.07, 6.45) is 2.73. The first-order valence-electron chi connectivity index (χ1n) is 8.09. The fourth-order valence-corrected chi connectivity index (χ4v) is 3.50. The zero-order chi connectivity index (χ0) is 16.3. The van der Waals surface area contributed by atoms with E-state index in [0.29, 0.717) is 12.3 Å². The van der Waals surface area contributed by atoms with Gasteiger partial charge in [0.25, 0.3) is 0 Å². The number of carbonyl (C=O) groups excluding carboxylic acids is 1. The highest BCUT2D eigenvalue weighted by molar-refractivity contribution is 6.30. The Morgan fingerprint density at radius 1 is 1.41 bits per heavy atom. The minimum Gasteiger partial charge on any atom is -0.342 e. The second-order valence-corrected chi connectivity index (χ2v) is 7.62. The molecule has 2 N–H and O–H groups in total. The molecule has 0 aromatic heterocycles. The van der Waals surface area contributed by atoms with Gasteiger partial charge in [0.1, 0.15) is 0 Å². The molecule has 1 aromatic carbocycles. The summed E-state index contributed by atoms with van der Waals surface area (Å²) in [6.45, 7) is 7.75. The Hall–Kier alpha value is -1.06. The predicted molar refractivity (Wildman–Crippen MR) is 91.9 cm³/mol. The summed E-state index contributed by atoms with van der Waals surface area (Å²) >= 11 is 6.04. The summed E-state index contributed by atoms with van der Waals surface area (Å²) in [7, 11) is 0. The van der Waals surface area contributed by atoms with Crippen LogP contribution in [0.4, 0.5) is 0 Å². The van der Waals surface area contributed by atoms with E-state index in [1.807, 2.05) is 43.0 Å². The zero-order valence-electron chi connectivity index (χ0n) is 13.8. The summed E-state index contributed by atoms with van der Waals surface area (Å²) in [6, 6.07) is 7.99. The number of piperidine rings is 1. The molecular formula is C18H27ClN2O. The quantitative estimate of drug-likeness (QED) is 0.922. The smallest absolute Gasteiger partial charge is 0.228 e. The summed E-state index contributed by atoms with van der Waals surface area (Å²) < 4.78 is 0. The average Bonchev–Trinajstić information content (AvgIpc) is 2.46. The molecule has 3 nitrogen and oxygen atoms in total. The molecule has 0 aliphatic carbocycles. The summed E-state index contributed by atoms with van der Waals surface area (Å²) in [5.74, 6) is 0.774. The Balaban J connectivity index is 1.99. The van der Waals surface area contributed by atoms with Crippen molar-refractivity contribution in [1.29, 1.82) is 0 Å². The normalized spacial score (nSPS) is 18.3. The van der Waals surface area contributed by atoms with Crippen molar-refractivity contribution in [3.05, 3.63) is 34.9 Å². The van der Waals surface area contributed by atoms with Gasteiger partial charge in [-0.15, -0.1) is 0 Å². The van der Waals surface area contributed by atoms with E-state index in [-0.39, 0.29) is 11.9 Å². The minimum atomic E-state index is -0.411. The van der Waals surface area contributed by atoms with Crippen LogP contribution in [0.5, 0.6) is 0 Å². The first kappa shape index (κ1) is 17.3. The Kier molecular flexibility index (Phi) is 5.51. The average molecular weight is 323 g/mol. The Morgan fingerprint density at radius 3 is 2.59 bits per heavy atom. The first-order chi connectivity index (χ1) is 10.3. The molecule has 22 heavy (non-hydrogen) atoms. The van der Waals surface area contributed by atoms with Crippen molar-refractivity contribution in [3.63, 3.8) is 0 Å². The van der Waals surface area contributed by atoms with Gasteiger partial charge >= 0.3 is 0 Å². The summed E-state index contributed by atoms with van der Waals surface area (Å²) in [5.41, 5.74) is 6.67. The number of nitrogens with two attached hydrogens (primary N) is 1. The number of amides is 1. The van der Waals surface area contributed by atoms with Crippen molar-refractivity contribution < 1.29 is 4.79 Å². The van der Waals surface area contributed by atoms with E-state index in [1.165, 1.54) is 0 Å². The molecule has 0 radical (unpaired) electrons. The molecule has 1 aliphatic heterocycles. The van der Waals surface area contributed by atoms with E-state index in [2.05, 4.69) is 6.92 Å². The van der Waals surface area contributed by atoms with Crippen LogP contribution in [-0.4, -0.2) is 29.9 Å². The number of halogens is 1. The van der Waals surface area contributed by atoms with E-state index in [0.717, 1.165) is 36.5 Å². The third kappa shape index (κ3) is 4.23. The number of hydrogen-bond acceptors (Lipinski definition) is 2. The number of benzene rings is 1. The zero-order valence-corrected chi connectivity index (χ0v) is 14.6. The van der Waals surface area contributed by atoms with Crippen LogP contribution in [-0.2, 0) is 11.2 Å². The molecule has 122 valence electrons. The lowest BCUT2D eigenvalue weighted by Gasteiger charge is -2.38. The van der Waals surface area contributed by atoms with Gasteiger partial charge in [-0.3, -0.25) is 4.79 Å². The van der Waals surface area contributed by atoms with Gasteiger partial charge in [0.05, 0.1) is 0 Å². The maximum atomic E-state index is 12.8. The number of likely N-dealkylation sites (tertiary alicyclic amines) is 1. The highest BCUT2D eigenvalue weighted by atomic mass is 35.5. The molecular weight excluding hydrogens is 296 g/mol. The van der Waals surface area contributed by atoms with Crippen LogP contribution in [0.25, 0.3) is 0 Å². The molecule has 0 saturated carbocycles. The van der Waals surface area contributed by atoms with Crippen LogP contribution < -0.4 is 5.73 Å². The lowest BCUT2D eigenvalue weighted by Crippen LogP contribution is -2.47. The van der Waals surface area contributed by atoms with E-state index < -0.39 is 5.41 Å². The molecule has 4 heteroatoms. The highest BCUT2D eigenvalue weighted by Crippen LogP contribution is 2.29. The Morgan fingerprint density at radius 2 is 2.05 bits per heavy atom. The molecule has 1 fully saturated rings. The van der Waals surface area contributed by atoms with Crippen molar-refractivity contribution in [2.75, 3.05) is 13.1 Å². The van der Waals surface area contributed by atoms with Crippen molar-refractivity contribution in [1.82, 2.24) is 4.90 Å². The van der Waals surface area contributed by atoms with Crippen LogP contribution in [0.3, 0.4) is 0 Å². The fraction of sp³-hybridized carbons (Fsp3) is 0.611. The van der Waals surface area contributed by atoms with Crippen molar-refractivity contribution >= 4 is 17.5 Å². The van der Waals surface area contributed by atoms with Gasteiger partial charge in [-0.1, -0.05) is 37.6 Å². The minimum absolute atomic E-state index is 0.219. The first-order valence-corrected chi connectivity index (χ1v) is 8.47. The lowest BCUT2D eigenvalue weighted by molar-refractivity contribution is -0.141. The molecule has 2 rings (SSSR count). The topological polar surface area (TPSA) is 46.3 Å². The predicted octanol–water partition coefficient (Wildman–Crippen LogP) is 3.49. The molecule has 1 heterocycles. The third-order valence-electron chi connectivity index (χ3n) is 4.68. The molecule has 1 saturated heterocycles. The van der Waals surface area contributed by atoms with Gasteiger partial charge in [0, 0.05) is 29.6 Å². The van der Waals surface area contributed by atoms with Gasteiger partial charge in [-0.2, -0.15) is 0 Å². The van der Waals surface area contributed by atoms with E-state index >= 15 is 0 Å². The number of nitrogens with zero attached hydrogens (tertiary/aromatic N) is 1. The SMILES string of the molecule is CC(N)C1CCN(C(=O)C(C)(C)Cc2cccc(Cl)c2)CC1. The molecule has 1 amide bonds. The molecule has 1 atom stereocenters. The van der Waals surface area contributed by atoms with Gasteiger partial charge in [0.2, 0.25) is 5.91 Å². The highest BCUT2D eigenvalue weighted by Gasteiger charge is 2.34. The monoisotopic (exact) mass is 322 g/mol. The molecule has 0 bridgehead atoms. The van der Waals surface area contributed by atoms with Crippen molar-refractivity contribution in [2.24, 2.45) is 17.1 Å². The van der Waals surface area contributed by atoms with Crippen LogP contribution >= 0.6 is 11.6 Å². The summed E-state index contributed by atoms with van der Waals surface area (Å²) in [5, 5.41) is 0.721. The van der Waals surface area contributed by atoms with Crippen LogP contribution in [0.2, 0.25) is 5.02 Å². The second-order valence-electron chi connectivity index (χ2n) is 7.18. The largest absolute Gasteiger partial charge is 0.342 e.